The van der Waals surface area contributed by atoms with Crippen molar-refractivity contribution in [2.45, 2.75) is 25.8 Å². The van der Waals surface area contributed by atoms with Crippen molar-refractivity contribution >= 4 is 11.8 Å². The standard InChI is InChI=1S/C9H17N3O2/c1-6-4-7(2-3-11-6)9(14)12-5-8(10)13/h6-7,11H,2-5H2,1H3,(H2,10,13)(H,12,14). The van der Waals surface area contributed by atoms with E-state index in [0.717, 1.165) is 19.4 Å². The number of nitrogens with one attached hydrogen (secondary N) is 2. The molecule has 1 rings (SSSR count). The minimum atomic E-state index is -0.500. The molecule has 5 heteroatoms. The van der Waals surface area contributed by atoms with E-state index in [1.54, 1.807) is 0 Å². The SMILES string of the molecule is CC1CC(C(=O)NCC(N)=O)CCN1. The maximum atomic E-state index is 11.5. The van der Waals surface area contributed by atoms with Crippen LogP contribution in [0.3, 0.4) is 0 Å². The number of amides is 2. The van der Waals surface area contributed by atoms with Gasteiger partial charge in [-0.3, -0.25) is 9.59 Å². The van der Waals surface area contributed by atoms with Crippen LogP contribution in [-0.2, 0) is 9.59 Å². The van der Waals surface area contributed by atoms with Crippen LogP contribution in [0, 0.1) is 5.92 Å². The minimum absolute atomic E-state index is 0.0191. The number of nitrogens with two attached hydrogens (primary N) is 1. The molecule has 0 aliphatic carbocycles. The van der Waals surface area contributed by atoms with Gasteiger partial charge >= 0.3 is 0 Å². The molecule has 1 aliphatic heterocycles. The van der Waals surface area contributed by atoms with Crippen LogP contribution >= 0.6 is 0 Å². The fourth-order valence-corrected chi connectivity index (χ4v) is 1.69. The first-order valence-electron chi connectivity index (χ1n) is 4.89. The normalized spacial score (nSPS) is 26.9. The summed E-state index contributed by atoms with van der Waals surface area (Å²) in [7, 11) is 0. The highest BCUT2D eigenvalue weighted by molar-refractivity contribution is 5.85. The van der Waals surface area contributed by atoms with Crippen molar-refractivity contribution in [2.75, 3.05) is 13.1 Å². The van der Waals surface area contributed by atoms with Gasteiger partial charge in [0.05, 0.1) is 6.54 Å². The summed E-state index contributed by atoms with van der Waals surface area (Å²) < 4.78 is 0. The second-order valence-electron chi connectivity index (χ2n) is 3.76. The van der Waals surface area contributed by atoms with Crippen molar-refractivity contribution in [3.8, 4) is 0 Å². The maximum Gasteiger partial charge on any atom is 0.236 e. The Morgan fingerprint density at radius 3 is 2.86 bits per heavy atom. The fraction of sp³-hybridized carbons (Fsp3) is 0.778. The quantitative estimate of drug-likeness (QED) is 0.543. The molecule has 80 valence electrons. The van der Waals surface area contributed by atoms with Gasteiger partial charge in [0.25, 0.3) is 0 Å². The zero-order valence-electron chi connectivity index (χ0n) is 8.38. The fourth-order valence-electron chi connectivity index (χ4n) is 1.69. The highest BCUT2D eigenvalue weighted by Gasteiger charge is 2.24. The van der Waals surface area contributed by atoms with Gasteiger partial charge in [-0.1, -0.05) is 0 Å². The van der Waals surface area contributed by atoms with Crippen LogP contribution in [0.4, 0.5) is 0 Å². The lowest BCUT2D eigenvalue weighted by atomic mass is 9.92. The highest BCUT2D eigenvalue weighted by Crippen LogP contribution is 2.15. The smallest absolute Gasteiger partial charge is 0.236 e. The number of hydrogen-bond acceptors (Lipinski definition) is 3. The topological polar surface area (TPSA) is 84.2 Å². The molecule has 1 heterocycles. The zero-order valence-corrected chi connectivity index (χ0v) is 8.38. The van der Waals surface area contributed by atoms with Gasteiger partial charge in [0.1, 0.15) is 0 Å². The van der Waals surface area contributed by atoms with E-state index in [1.807, 2.05) is 6.92 Å². The molecule has 0 spiro atoms. The van der Waals surface area contributed by atoms with Crippen molar-refractivity contribution in [3.63, 3.8) is 0 Å². The lowest BCUT2D eigenvalue weighted by Gasteiger charge is -2.26. The van der Waals surface area contributed by atoms with E-state index in [9.17, 15) is 9.59 Å². The number of rotatable bonds is 3. The largest absolute Gasteiger partial charge is 0.368 e. The van der Waals surface area contributed by atoms with E-state index < -0.39 is 5.91 Å². The Hall–Kier alpha value is -1.10. The summed E-state index contributed by atoms with van der Waals surface area (Å²) >= 11 is 0. The second-order valence-corrected chi connectivity index (χ2v) is 3.76. The molecule has 0 radical (unpaired) electrons. The maximum absolute atomic E-state index is 11.5. The van der Waals surface area contributed by atoms with Gasteiger partial charge < -0.3 is 16.4 Å². The van der Waals surface area contributed by atoms with E-state index >= 15 is 0 Å². The van der Waals surface area contributed by atoms with E-state index in [-0.39, 0.29) is 18.4 Å². The third-order valence-corrected chi connectivity index (χ3v) is 2.43. The molecule has 0 bridgehead atoms. The molecule has 0 aromatic heterocycles. The van der Waals surface area contributed by atoms with Crippen molar-refractivity contribution in [1.29, 1.82) is 0 Å². The van der Waals surface area contributed by atoms with Crippen LogP contribution in [0.15, 0.2) is 0 Å². The first-order valence-corrected chi connectivity index (χ1v) is 4.89. The second kappa shape index (κ2) is 4.95. The van der Waals surface area contributed by atoms with Gasteiger partial charge in [-0.2, -0.15) is 0 Å². The molecule has 2 unspecified atom stereocenters. The van der Waals surface area contributed by atoms with Gasteiger partial charge in [-0.25, -0.2) is 0 Å². The number of carbonyl (C=O) groups excluding carboxylic acids is 2. The molecule has 2 atom stereocenters. The summed E-state index contributed by atoms with van der Waals surface area (Å²) in [6.45, 7) is 2.85. The Morgan fingerprint density at radius 2 is 2.29 bits per heavy atom. The molecule has 14 heavy (non-hydrogen) atoms. The van der Waals surface area contributed by atoms with Crippen molar-refractivity contribution in [1.82, 2.24) is 10.6 Å². The summed E-state index contributed by atoms with van der Waals surface area (Å²) in [6, 6.07) is 0.369. The third kappa shape index (κ3) is 3.33. The number of hydrogen-bond donors (Lipinski definition) is 3. The average molecular weight is 199 g/mol. The summed E-state index contributed by atoms with van der Waals surface area (Å²) in [5, 5.41) is 5.79. The summed E-state index contributed by atoms with van der Waals surface area (Å²) in [5.74, 6) is -0.539. The van der Waals surface area contributed by atoms with Gasteiger partial charge in [0.2, 0.25) is 11.8 Å². The molecule has 0 aromatic carbocycles. The van der Waals surface area contributed by atoms with Crippen LogP contribution < -0.4 is 16.4 Å². The Labute approximate surface area is 83.4 Å². The van der Waals surface area contributed by atoms with Crippen LogP contribution in [-0.4, -0.2) is 30.9 Å². The van der Waals surface area contributed by atoms with Gasteiger partial charge in [-0.05, 0) is 26.3 Å². The molecule has 2 amide bonds. The lowest BCUT2D eigenvalue weighted by molar-refractivity contribution is -0.128. The number of carbonyl (C=O) groups is 2. The number of piperidine rings is 1. The monoisotopic (exact) mass is 199 g/mol. The van der Waals surface area contributed by atoms with Crippen LogP contribution in [0.2, 0.25) is 0 Å². The first kappa shape index (κ1) is 11.0. The Balaban J connectivity index is 2.32. The van der Waals surface area contributed by atoms with E-state index in [0.29, 0.717) is 6.04 Å². The van der Waals surface area contributed by atoms with Crippen molar-refractivity contribution in [2.24, 2.45) is 11.7 Å². The highest BCUT2D eigenvalue weighted by atomic mass is 16.2. The Kier molecular flexibility index (Phi) is 3.88. The third-order valence-electron chi connectivity index (χ3n) is 2.43. The first-order chi connectivity index (χ1) is 6.59. The van der Waals surface area contributed by atoms with E-state index in [1.165, 1.54) is 0 Å². The van der Waals surface area contributed by atoms with Crippen molar-refractivity contribution < 1.29 is 9.59 Å². The molecule has 4 N–H and O–H groups in total. The molecule has 0 saturated carbocycles. The summed E-state index contributed by atoms with van der Waals surface area (Å²) in [5.41, 5.74) is 4.93. The Bertz CT molecular complexity index is 230. The van der Waals surface area contributed by atoms with Crippen LogP contribution in [0.5, 0.6) is 0 Å². The van der Waals surface area contributed by atoms with Crippen LogP contribution in [0.1, 0.15) is 19.8 Å². The predicted octanol–water partition coefficient (Wildman–Crippen LogP) is -1.02. The average Bonchev–Trinajstić information content (AvgIpc) is 2.14. The lowest BCUT2D eigenvalue weighted by Crippen LogP contribution is -2.44. The van der Waals surface area contributed by atoms with Gasteiger partial charge in [0.15, 0.2) is 0 Å². The number of primary amides is 1. The van der Waals surface area contributed by atoms with Crippen molar-refractivity contribution in [3.05, 3.63) is 0 Å². The van der Waals surface area contributed by atoms with Gasteiger partial charge in [-0.15, -0.1) is 0 Å². The van der Waals surface area contributed by atoms with Gasteiger partial charge in [0, 0.05) is 12.0 Å². The molecular formula is C9H17N3O2. The molecule has 1 saturated heterocycles. The zero-order chi connectivity index (χ0) is 10.6. The Morgan fingerprint density at radius 1 is 1.57 bits per heavy atom. The predicted molar refractivity (Wildman–Crippen MR) is 52.4 cm³/mol. The molecular weight excluding hydrogens is 182 g/mol. The van der Waals surface area contributed by atoms with Crippen LogP contribution in [0.25, 0.3) is 0 Å². The molecule has 0 aromatic rings. The van der Waals surface area contributed by atoms with E-state index in [4.69, 9.17) is 5.73 Å². The molecule has 1 fully saturated rings. The minimum Gasteiger partial charge on any atom is -0.368 e. The summed E-state index contributed by atoms with van der Waals surface area (Å²) in [4.78, 5) is 21.9. The molecule has 5 nitrogen and oxygen atoms in total. The van der Waals surface area contributed by atoms with E-state index in [2.05, 4.69) is 10.6 Å². The molecule has 1 aliphatic rings. The summed E-state index contributed by atoms with van der Waals surface area (Å²) in [6.07, 6.45) is 1.65.